The molecule has 1 aromatic heterocycles. The Bertz CT molecular complexity index is 836. The Morgan fingerprint density at radius 3 is 2.58 bits per heavy atom. The first-order valence-electron chi connectivity index (χ1n) is 7.69. The van der Waals surface area contributed by atoms with E-state index in [0.717, 1.165) is 23.1 Å². The highest BCUT2D eigenvalue weighted by atomic mass is 16.5. The Hall–Kier alpha value is -2.95. The first-order valence-corrected chi connectivity index (χ1v) is 7.69. The minimum Gasteiger partial charge on any atom is -0.497 e. The lowest BCUT2D eigenvalue weighted by Crippen LogP contribution is -2.25. The Morgan fingerprint density at radius 1 is 1.08 bits per heavy atom. The fourth-order valence-electron chi connectivity index (χ4n) is 2.51. The molecular weight excluding hydrogens is 306 g/mol. The van der Waals surface area contributed by atoms with Gasteiger partial charge >= 0.3 is 0 Å². The van der Waals surface area contributed by atoms with Crippen LogP contribution in [0.3, 0.4) is 0 Å². The van der Waals surface area contributed by atoms with Crippen LogP contribution in [0.2, 0.25) is 0 Å². The molecule has 0 aliphatic heterocycles. The first-order chi connectivity index (χ1) is 11.7. The molecule has 0 radical (unpaired) electrons. The van der Waals surface area contributed by atoms with Gasteiger partial charge in [-0.2, -0.15) is 0 Å². The lowest BCUT2D eigenvalue weighted by Gasteiger charge is -2.05. The van der Waals surface area contributed by atoms with Crippen molar-refractivity contribution in [3.63, 3.8) is 0 Å². The monoisotopic (exact) mass is 325 g/mol. The molecule has 0 saturated heterocycles. The maximum absolute atomic E-state index is 12.2. The zero-order valence-corrected chi connectivity index (χ0v) is 13.7. The highest BCUT2D eigenvalue weighted by molar-refractivity contribution is 5.97. The van der Waals surface area contributed by atoms with Crippen molar-refractivity contribution in [3.05, 3.63) is 59.9 Å². The smallest absolute Gasteiger partial charge is 0.287 e. The fourth-order valence-corrected chi connectivity index (χ4v) is 2.51. The molecule has 5 nitrogen and oxygen atoms in total. The van der Waals surface area contributed by atoms with E-state index >= 15 is 0 Å². The van der Waals surface area contributed by atoms with Gasteiger partial charge in [-0.25, -0.2) is 0 Å². The molecule has 0 aliphatic carbocycles. The van der Waals surface area contributed by atoms with E-state index < -0.39 is 0 Å². The second kappa shape index (κ2) is 7.08. The van der Waals surface area contributed by atoms with Crippen LogP contribution in [0, 0.1) is 0 Å². The predicted molar refractivity (Wildman–Crippen MR) is 91.8 cm³/mol. The van der Waals surface area contributed by atoms with E-state index in [1.807, 2.05) is 36.4 Å². The minimum absolute atomic E-state index is 0.234. The molecule has 0 atom stereocenters. The lowest BCUT2D eigenvalue weighted by atomic mass is 10.1. The van der Waals surface area contributed by atoms with Gasteiger partial charge in [-0.15, -0.1) is 0 Å². The molecule has 0 unspecified atom stereocenters. The summed E-state index contributed by atoms with van der Waals surface area (Å²) in [7, 11) is 3.21. The SMILES string of the molecule is COc1ccc(CCNC(=O)c2cc3cccc(OC)c3o2)cc1. The van der Waals surface area contributed by atoms with Gasteiger partial charge in [0.15, 0.2) is 17.1 Å². The number of rotatable bonds is 6. The van der Waals surface area contributed by atoms with Gasteiger partial charge < -0.3 is 19.2 Å². The molecule has 0 aliphatic rings. The van der Waals surface area contributed by atoms with Crippen molar-refractivity contribution < 1.29 is 18.7 Å². The highest BCUT2D eigenvalue weighted by Gasteiger charge is 2.14. The zero-order chi connectivity index (χ0) is 16.9. The van der Waals surface area contributed by atoms with Crippen LogP contribution in [0.4, 0.5) is 0 Å². The molecule has 1 N–H and O–H groups in total. The third kappa shape index (κ3) is 3.35. The Balaban J connectivity index is 1.62. The van der Waals surface area contributed by atoms with E-state index in [-0.39, 0.29) is 11.7 Å². The average molecular weight is 325 g/mol. The summed E-state index contributed by atoms with van der Waals surface area (Å²) in [5.41, 5.74) is 1.71. The van der Waals surface area contributed by atoms with Crippen molar-refractivity contribution in [2.75, 3.05) is 20.8 Å². The maximum atomic E-state index is 12.2. The van der Waals surface area contributed by atoms with Crippen molar-refractivity contribution in [2.45, 2.75) is 6.42 Å². The molecule has 1 amide bonds. The normalized spacial score (nSPS) is 10.6. The standard InChI is InChI=1S/C19H19NO4/c1-22-15-8-6-13(7-9-15)10-11-20-19(21)17-12-14-4-3-5-16(23-2)18(14)24-17/h3-9,12H,10-11H2,1-2H3,(H,20,21). The number of furan rings is 1. The highest BCUT2D eigenvalue weighted by Crippen LogP contribution is 2.28. The van der Waals surface area contributed by atoms with Gasteiger partial charge in [0.05, 0.1) is 14.2 Å². The number of fused-ring (bicyclic) bond motifs is 1. The maximum Gasteiger partial charge on any atom is 0.287 e. The Kier molecular flexibility index (Phi) is 4.70. The molecule has 2 aromatic carbocycles. The van der Waals surface area contributed by atoms with Crippen molar-refractivity contribution >= 4 is 16.9 Å². The van der Waals surface area contributed by atoms with Crippen LogP contribution >= 0.6 is 0 Å². The molecule has 0 bridgehead atoms. The summed E-state index contributed by atoms with van der Waals surface area (Å²) in [5, 5.41) is 3.71. The quantitative estimate of drug-likeness (QED) is 0.754. The van der Waals surface area contributed by atoms with Crippen LogP contribution < -0.4 is 14.8 Å². The predicted octanol–water partition coefficient (Wildman–Crippen LogP) is 3.42. The van der Waals surface area contributed by atoms with E-state index in [2.05, 4.69) is 5.32 Å². The summed E-state index contributed by atoms with van der Waals surface area (Å²) in [5.74, 6) is 1.48. The topological polar surface area (TPSA) is 60.7 Å². The summed E-state index contributed by atoms with van der Waals surface area (Å²) in [6.45, 7) is 0.527. The van der Waals surface area contributed by atoms with Gasteiger partial charge in [-0.05, 0) is 36.2 Å². The van der Waals surface area contributed by atoms with Gasteiger partial charge in [0.1, 0.15) is 5.75 Å². The number of carbonyl (C=O) groups is 1. The van der Waals surface area contributed by atoms with Gasteiger partial charge in [0.25, 0.3) is 5.91 Å². The van der Waals surface area contributed by atoms with Crippen LogP contribution in [0.1, 0.15) is 16.1 Å². The number of carbonyl (C=O) groups excluding carboxylic acids is 1. The number of hydrogen-bond acceptors (Lipinski definition) is 4. The molecule has 1 heterocycles. The van der Waals surface area contributed by atoms with E-state index in [1.165, 1.54) is 0 Å². The average Bonchev–Trinajstić information content (AvgIpc) is 3.06. The summed E-state index contributed by atoms with van der Waals surface area (Å²) in [6, 6.07) is 15.1. The first kappa shape index (κ1) is 15.9. The molecule has 124 valence electrons. The van der Waals surface area contributed by atoms with E-state index in [0.29, 0.717) is 17.9 Å². The number of benzene rings is 2. The largest absolute Gasteiger partial charge is 0.497 e. The minimum atomic E-state index is -0.234. The molecular formula is C19H19NO4. The Labute approximate surface area is 140 Å². The third-order valence-electron chi connectivity index (χ3n) is 3.81. The molecule has 0 fully saturated rings. The second-order valence-electron chi connectivity index (χ2n) is 5.34. The molecule has 24 heavy (non-hydrogen) atoms. The number of methoxy groups -OCH3 is 2. The number of hydrogen-bond donors (Lipinski definition) is 1. The van der Waals surface area contributed by atoms with Gasteiger partial charge in [0, 0.05) is 11.9 Å². The molecule has 3 aromatic rings. The van der Waals surface area contributed by atoms with E-state index in [4.69, 9.17) is 13.9 Å². The number of amides is 1. The summed E-state index contributed by atoms with van der Waals surface area (Å²) in [4.78, 5) is 12.2. The van der Waals surface area contributed by atoms with E-state index in [9.17, 15) is 4.79 Å². The molecule has 3 rings (SSSR count). The van der Waals surface area contributed by atoms with Crippen LogP contribution in [-0.2, 0) is 6.42 Å². The summed E-state index contributed by atoms with van der Waals surface area (Å²) >= 11 is 0. The van der Waals surface area contributed by atoms with Crippen LogP contribution in [0.15, 0.2) is 52.9 Å². The number of nitrogens with one attached hydrogen (secondary N) is 1. The second-order valence-corrected chi connectivity index (χ2v) is 5.34. The van der Waals surface area contributed by atoms with Crippen molar-refractivity contribution in [1.82, 2.24) is 5.32 Å². The molecule has 0 spiro atoms. The van der Waals surface area contributed by atoms with Gasteiger partial charge in [-0.1, -0.05) is 24.3 Å². The van der Waals surface area contributed by atoms with Crippen molar-refractivity contribution in [1.29, 1.82) is 0 Å². The summed E-state index contributed by atoms with van der Waals surface area (Å²) < 4.78 is 16.0. The van der Waals surface area contributed by atoms with Crippen LogP contribution in [-0.4, -0.2) is 26.7 Å². The molecule has 5 heteroatoms. The Morgan fingerprint density at radius 2 is 1.88 bits per heavy atom. The van der Waals surface area contributed by atoms with Gasteiger partial charge in [-0.3, -0.25) is 4.79 Å². The summed E-state index contributed by atoms with van der Waals surface area (Å²) in [6.07, 6.45) is 0.735. The number of ether oxygens (including phenoxy) is 2. The van der Waals surface area contributed by atoms with Crippen LogP contribution in [0.25, 0.3) is 11.0 Å². The zero-order valence-electron chi connectivity index (χ0n) is 13.7. The van der Waals surface area contributed by atoms with Crippen LogP contribution in [0.5, 0.6) is 11.5 Å². The number of para-hydroxylation sites is 1. The molecule has 0 saturated carbocycles. The van der Waals surface area contributed by atoms with E-state index in [1.54, 1.807) is 26.4 Å². The lowest BCUT2D eigenvalue weighted by molar-refractivity contribution is 0.0928. The van der Waals surface area contributed by atoms with Crippen molar-refractivity contribution in [2.24, 2.45) is 0 Å². The van der Waals surface area contributed by atoms with Gasteiger partial charge in [0.2, 0.25) is 0 Å². The van der Waals surface area contributed by atoms with Crippen molar-refractivity contribution in [3.8, 4) is 11.5 Å². The fraction of sp³-hybridized carbons (Fsp3) is 0.211. The third-order valence-corrected chi connectivity index (χ3v) is 3.81.